The zero-order valence-electron chi connectivity index (χ0n) is 17.7. The van der Waals surface area contributed by atoms with Crippen molar-refractivity contribution in [1.29, 1.82) is 0 Å². The topological polar surface area (TPSA) is 101 Å². The Bertz CT molecular complexity index is 1440. The molecule has 0 saturated heterocycles. The van der Waals surface area contributed by atoms with E-state index in [0.29, 0.717) is 23.0 Å². The van der Waals surface area contributed by atoms with Gasteiger partial charge in [-0.2, -0.15) is 0 Å². The highest BCUT2D eigenvalue weighted by atomic mass is 32.2. The van der Waals surface area contributed by atoms with Gasteiger partial charge in [0.15, 0.2) is 9.84 Å². The molecule has 0 spiro atoms. The standard InChI is InChI=1S/C23H20N6O2S/c1-29(2)23-26-13-16(14-27-23)4-9-21-20-12-22(25-15-17(20)10-11-24-21)28-18-5-7-19(8-6-18)32(3,30)31/h5-8,10-15H,1-3H3,(H,25,28). The second-order valence-corrected chi connectivity index (χ2v) is 9.30. The number of sulfone groups is 1. The summed E-state index contributed by atoms with van der Waals surface area (Å²) in [7, 11) is 0.510. The molecular formula is C23H20N6O2S. The van der Waals surface area contributed by atoms with Crippen molar-refractivity contribution in [1.82, 2.24) is 19.9 Å². The molecule has 0 bridgehead atoms. The van der Waals surface area contributed by atoms with Crippen LogP contribution >= 0.6 is 0 Å². The first-order valence-corrected chi connectivity index (χ1v) is 11.5. The maximum absolute atomic E-state index is 11.6. The van der Waals surface area contributed by atoms with Crippen LogP contribution in [0.3, 0.4) is 0 Å². The molecule has 8 nitrogen and oxygen atoms in total. The van der Waals surface area contributed by atoms with E-state index in [0.717, 1.165) is 16.5 Å². The molecule has 1 N–H and O–H groups in total. The van der Waals surface area contributed by atoms with Crippen LogP contribution in [0.5, 0.6) is 0 Å². The molecule has 9 heteroatoms. The van der Waals surface area contributed by atoms with Crippen molar-refractivity contribution in [3.8, 4) is 11.8 Å². The predicted octanol–water partition coefficient (Wildman–Crippen LogP) is 3.03. The number of pyridine rings is 2. The molecule has 0 unspecified atom stereocenters. The number of hydrogen-bond donors (Lipinski definition) is 1. The molecule has 4 rings (SSSR count). The van der Waals surface area contributed by atoms with Gasteiger partial charge in [-0.25, -0.2) is 28.4 Å². The number of hydrogen-bond acceptors (Lipinski definition) is 8. The van der Waals surface area contributed by atoms with Gasteiger partial charge in [-0.05, 0) is 42.3 Å². The summed E-state index contributed by atoms with van der Waals surface area (Å²) < 4.78 is 23.3. The van der Waals surface area contributed by atoms with Crippen LogP contribution in [0.4, 0.5) is 17.5 Å². The number of rotatable bonds is 4. The zero-order chi connectivity index (χ0) is 22.7. The Morgan fingerprint density at radius 1 is 0.906 bits per heavy atom. The van der Waals surface area contributed by atoms with E-state index in [1.165, 1.54) is 6.26 Å². The van der Waals surface area contributed by atoms with E-state index in [1.54, 1.807) is 49.1 Å². The summed E-state index contributed by atoms with van der Waals surface area (Å²) in [5, 5.41) is 4.93. The summed E-state index contributed by atoms with van der Waals surface area (Å²) in [6, 6.07) is 10.2. The number of fused-ring (bicyclic) bond motifs is 1. The first-order valence-electron chi connectivity index (χ1n) is 9.63. The third-order valence-electron chi connectivity index (χ3n) is 4.57. The van der Waals surface area contributed by atoms with Crippen LogP contribution in [0.15, 0.2) is 66.1 Å². The second kappa shape index (κ2) is 8.61. The van der Waals surface area contributed by atoms with Gasteiger partial charge in [0.05, 0.1) is 10.5 Å². The smallest absolute Gasteiger partial charge is 0.224 e. The fourth-order valence-corrected chi connectivity index (χ4v) is 3.55. The number of nitrogens with one attached hydrogen (secondary N) is 1. The van der Waals surface area contributed by atoms with Crippen LogP contribution in [-0.4, -0.2) is 48.7 Å². The van der Waals surface area contributed by atoms with Gasteiger partial charge < -0.3 is 10.2 Å². The van der Waals surface area contributed by atoms with Crippen LogP contribution in [0, 0.1) is 11.8 Å². The minimum absolute atomic E-state index is 0.263. The average Bonchev–Trinajstić information content (AvgIpc) is 2.77. The highest BCUT2D eigenvalue weighted by Crippen LogP contribution is 2.22. The third-order valence-corrected chi connectivity index (χ3v) is 5.69. The van der Waals surface area contributed by atoms with Crippen LogP contribution in [-0.2, 0) is 9.84 Å². The molecule has 0 atom stereocenters. The van der Waals surface area contributed by atoms with Crippen LogP contribution < -0.4 is 10.2 Å². The van der Waals surface area contributed by atoms with Crippen LogP contribution in [0.2, 0.25) is 0 Å². The van der Waals surface area contributed by atoms with Crippen molar-refractivity contribution in [2.75, 3.05) is 30.6 Å². The van der Waals surface area contributed by atoms with Crippen LogP contribution in [0.25, 0.3) is 10.8 Å². The summed E-state index contributed by atoms with van der Waals surface area (Å²) in [5.41, 5.74) is 2.02. The van der Waals surface area contributed by atoms with E-state index in [9.17, 15) is 8.42 Å². The molecule has 0 aliphatic heterocycles. The lowest BCUT2D eigenvalue weighted by Gasteiger charge is -2.08. The molecule has 160 valence electrons. The average molecular weight is 445 g/mol. The summed E-state index contributed by atoms with van der Waals surface area (Å²) in [6.45, 7) is 0. The van der Waals surface area contributed by atoms with Crippen molar-refractivity contribution >= 4 is 38.1 Å². The quantitative estimate of drug-likeness (QED) is 0.480. The number of anilines is 3. The molecule has 3 heterocycles. The molecule has 0 amide bonds. The summed E-state index contributed by atoms with van der Waals surface area (Å²) in [6.07, 6.45) is 7.96. The molecule has 32 heavy (non-hydrogen) atoms. The van der Waals surface area contributed by atoms with E-state index in [2.05, 4.69) is 37.1 Å². The van der Waals surface area contributed by atoms with Crippen molar-refractivity contribution in [2.24, 2.45) is 0 Å². The summed E-state index contributed by atoms with van der Waals surface area (Å²) in [5.74, 6) is 7.36. The van der Waals surface area contributed by atoms with E-state index in [4.69, 9.17) is 0 Å². The predicted molar refractivity (Wildman–Crippen MR) is 125 cm³/mol. The highest BCUT2D eigenvalue weighted by Gasteiger charge is 2.07. The number of aromatic nitrogens is 4. The molecule has 0 saturated carbocycles. The van der Waals surface area contributed by atoms with Gasteiger partial charge in [-0.3, -0.25) is 0 Å². The molecule has 3 aromatic heterocycles. The molecular weight excluding hydrogens is 424 g/mol. The fourth-order valence-electron chi connectivity index (χ4n) is 2.91. The molecule has 4 aromatic rings. The first kappa shape index (κ1) is 21.2. The molecule has 0 aliphatic carbocycles. The van der Waals surface area contributed by atoms with Crippen LogP contribution in [0.1, 0.15) is 11.3 Å². The van der Waals surface area contributed by atoms with E-state index in [-0.39, 0.29) is 4.90 Å². The van der Waals surface area contributed by atoms with E-state index < -0.39 is 9.84 Å². The maximum atomic E-state index is 11.6. The first-order chi connectivity index (χ1) is 15.3. The lowest BCUT2D eigenvalue weighted by atomic mass is 10.1. The Morgan fingerprint density at radius 2 is 1.62 bits per heavy atom. The largest absolute Gasteiger partial charge is 0.347 e. The Balaban J connectivity index is 1.62. The molecule has 0 aliphatic rings. The normalized spacial score (nSPS) is 11.0. The van der Waals surface area contributed by atoms with Crippen molar-refractivity contribution < 1.29 is 8.42 Å². The SMILES string of the molecule is CN(C)c1ncc(C#Cc2nccc3cnc(Nc4ccc(S(C)(=O)=O)cc4)cc23)cn1. The van der Waals surface area contributed by atoms with Gasteiger partial charge in [0.2, 0.25) is 5.95 Å². The lowest BCUT2D eigenvalue weighted by molar-refractivity contribution is 0.602. The fraction of sp³-hybridized carbons (Fsp3) is 0.130. The van der Waals surface area contributed by atoms with E-state index >= 15 is 0 Å². The Labute approximate surface area is 186 Å². The van der Waals surface area contributed by atoms with Crippen molar-refractivity contribution in [2.45, 2.75) is 4.90 Å². The van der Waals surface area contributed by atoms with Gasteiger partial charge >= 0.3 is 0 Å². The molecule has 0 radical (unpaired) electrons. The van der Waals surface area contributed by atoms with Crippen molar-refractivity contribution in [3.63, 3.8) is 0 Å². The van der Waals surface area contributed by atoms with Gasteiger partial charge in [0.25, 0.3) is 0 Å². The lowest BCUT2D eigenvalue weighted by Crippen LogP contribution is -2.12. The molecule has 1 aromatic carbocycles. The monoisotopic (exact) mass is 444 g/mol. The van der Waals surface area contributed by atoms with Gasteiger partial charge in [-0.15, -0.1) is 0 Å². The maximum Gasteiger partial charge on any atom is 0.224 e. The van der Waals surface area contributed by atoms with Crippen molar-refractivity contribution in [3.05, 3.63) is 72.4 Å². The van der Waals surface area contributed by atoms with Gasteiger partial charge in [0, 0.05) is 61.6 Å². The summed E-state index contributed by atoms with van der Waals surface area (Å²) >= 11 is 0. The minimum atomic E-state index is -3.24. The Kier molecular flexibility index (Phi) is 5.71. The van der Waals surface area contributed by atoms with Gasteiger partial charge in [0.1, 0.15) is 11.5 Å². The zero-order valence-corrected chi connectivity index (χ0v) is 18.6. The van der Waals surface area contributed by atoms with E-state index in [1.807, 2.05) is 31.1 Å². The minimum Gasteiger partial charge on any atom is -0.347 e. The third kappa shape index (κ3) is 4.82. The number of benzene rings is 1. The highest BCUT2D eigenvalue weighted by molar-refractivity contribution is 7.90. The summed E-state index contributed by atoms with van der Waals surface area (Å²) in [4.78, 5) is 19.5. The Hall–Kier alpha value is -4.03. The Morgan fingerprint density at radius 3 is 2.28 bits per heavy atom. The molecule has 0 fully saturated rings. The second-order valence-electron chi connectivity index (χ2n) is 7.29. The van der Waals surface area contributed by atoms with Gasteiger partial charge in [-0.1, -0.05) is 5.92 Å². The number of nitrogens with zero attached hydrogens (tertiary/aromatic N) is 5.